The Labute approximate surface area is 132 Å². The van der Waals surface area contributed by atoms with Gasteiger partial charge < -0.3 is 4.74 Å². The largest absolute Gasteiger partial charge is 0.457 e. The zero-order valence-corrected chi connectivity index (χ0v) is 13.7. The third-order valence-electron chi connectivity index (χ3n) is 3.27. The van der Waals surface area contributed by atoms with Crippen LogP contribution in [0.5, 0.6) is 11.5 Å². The molecule has 0 heterocycles. The van der Waals surface area contributed by atoms with E-state index in [2.05, 4.69) is 15.9 Å². The van der Waals surface area contributed by atoms with E-state index in [0.717, 1.165) is 16.7 Å². The van der Waals surface area contributed by atoms with Gasteiger partial charge in [-0.05, 0) is 38.5 Å². The molecule has 0 saturated carbocycles. The second-order valence-corrected chi connectivity index (χ2v) is 5.57. The first kappa shape index (κ1) is 15.5. The van der Waals surface area contributed by atoms with Crippen LogP contribution in [-0.2, 0) is 5.33 Å². The van der Waals surface area contributed by atoms with Crippen LogP contribution >= 0.6 is 15.9 Å². The summed E-state index contributed by atoms with van der Waals surface area (Å²) in [7, 11) is 0. The molecule has 0 unspecified atom stereocenters. The highest BCUT2D eigenvalue weighted by molar-refractivity contribution is 9.08. The molecule has 0 bridgehead atoms. The Balaban J connectivity index is 2.44. The molecule has 0 N–H and O–H groups in total. The van der Waals surface area contributed by atoms with Gasteiger partial charge in [0.05, 0.1) is 11.0 Å². The van der Waals surface area contributed by atoms with Crippen molar-refractivity contribution in [2.45, 2.75) is 26.1 Å². The number of nitro benzene ring substituents is 1. The lowest BCUT2D eigenvalue weighted by molar-refractivity contribution is -0.385. The molecule has 0 radical (unpaired) electrons. The van der Waals surface area contributed by atoms with E-state index in [0.29, 0.717) is 22.4 Å². The maximum Gasteiger partial charge on any atom is 0.276 e. The number of halogens is 1. The summed E-state index contributed by atoms with van der Waals surface area (Å²) in [5.74, 6) is 1.22. The first-order chi connectivity index (χ1) is 9.92. The van der Waals surface area contributed by atoms with Gasteiger partial charge in [-0.15, -0.1) is 0 Å². The van der Waals surface area contributed by atoms with Crippen molar-refractivity contribution in [3.63, 3.8) is 0 Å². The fourth-order valence-corrected chi connectivity index (χ4v) is 2.60. The van der Waals surface area contributed by atoms with E-state index in [-0.39, 0.29) is 10.6 Å². The van der Waals surface area contributed by atoms with Gasteiger partial charge in [0.1, 0.15) is 11.5 Å². The van der Waals surface area contributed by atoms with E-state index in [1.807, 2.05) is 32.0 Å². The van der Waals surface area contributed by atoms with Crippen LogP contribution in [0.4, 0.5) is 5.69 Å². The highest BCUT2D eigenvalue weighted by Gasteiger charge is 2.15. The Morgan fingerprint density at radius 2 is 1.81 bits per heavy atom. The molecule has 110 valence electrons. The number of ether oxygens (including phenoxy) is 1. The van der Waals surface area contributed by atoms with Crippen LogP contribution < -0.4 is 4.74 Å². The van der Waals surface area contributed by atoms with E-state index in [1.165, 1.54) is 6.07 Å². The molecule has 0 aliphatic heterocycles. The van der Waals surface area contributed by atoms with Gasteiger partial charge in [0.2, 0.25) is 0 Å². The van der Waals surface area contributed by atoms with Crippen molar-refractivity contribution in [1.29, 1.82) is 0 Å². The lowest BCUT2D eigenvalue weighted by Gasteiger charge is -2.13. The molecule has 5 heteroatoms. The van der Waals surface area contributed by atoms with Crippen LogP contribution in [0.2, 0.25) is 0 Å². The second-order valence-electron chi connectivity index (χ2n) is 5.01. The molecule has 0 aromatic heterocycles. The molecular formula is C16H16BrNO3. The van der Waals surface area contributed by atoms with Crippen molar-refractivity contribution in [2.24, 2.45) is 0 Å². The summed E-state index contributed by atoms with van der Waals surface area (Å²) in [5.41, 5.74) is 3.73. The predicted octanol–water partition coefficient (Wildman–Crippen LogP) is 5.21. The van der Waals surface area contributed by atoms with Gasteiger partial charge in [-0.2, -0.15) is 0 Å². The van der Waals surface area contributed by atoms with Gasteiger partial charge in [-0.25, -0.2) is 0 Å². The molecule has 2 rings (SSSR count). The third kappa shape index (κ3) is 3.42. The number of hydrogen-bond donors (Lipinski definition) is 0. The molecule has 0 saturated heterocycles. The number of benzene rings is 2. The van der Waals surface area contributed by atoms with E-state index in [4.69, 9.17) is 4.74 Å². The smallest absolute Gasteiger partial charge is 0.276 e. The molecule has 2 aromatic carbocycles. The molecule has 0 atom stereocenters. The molecule has 0 fully saturated rings. The monoisotopic (exact) mass is 349 g/mol. The molecule has 21 heavy (non-hydrogen) atoms. The molecule has 4 nitrogen and oxygen atoms in total. The Bertz CT molecular complexity index is 698. The Kier molecular flexibility index (Phi) is 4.63. The minimum Gasteiger partial charge on any atom is -0.457 e. The lowest BCUT2D eigenvalue weighted by Crippen LogP contribution is -1.97. The van der Waals surface area contributed by atoms with Gasteiger partial charge >= 0.3 is 0 Å². The van der Waals surface area contributed by atoms with Gasteiger partial charge in [0.15, 0.2) is 0 Å². The van der Waals surface area contributed by atoms with Gasteiger partial charge in [0.25, 0.3) is 5.69 Å². The molecular weight excluding hydrogens is 334 g/mol. The van der Waals surface area contributed by atoms with Crippen molar-refractivity contribution < 1.29 is 9.66 Å². The SMILES string of the molecule is Cc1ccc(Oc2cc([N+](=O)[O-])c(C)cc2C)c(CBr)c1. The predicted molar refractivity (Wildman–Crippen MR) is 86.5 cm³/mol. The number of nitro groups is 1. The number of aryl methyl sites for hydroxylation is 3. The topological polar surface area (TPSA) is 52.4 Å². The van der Waals surface area contributed by atoms with E-state index >= 15 is 0 Å². The van der Waals surface area contributed by atoms with Crippen molar-refractivity contribution in [2.75, 3.05) is 0 Å². The average Bonchev–Trinajstić information content (AvgIpc) is 2.42. The lowest BCUT2D eigenvalue weighted by atomic mass is 10.1. The van der Waals surface area contributed by atoms with Crippen LogP contribution in [0.25, 0.3) is 0 Å². The van der Waals surface area contributed by atoms with Crippen molar-refractivity contribution in [3.05, 3.63) is 62.7 Å². The van der Waals surface area contributed by atoms with E-state index in [1.54, 1.807) is 13.0 Å². The first-order valence-corrected chi connectivity index (χ1v) is 7.63. The first-order valence-electron chi connectivity index (χ1n) is 6.51. The van der Waals surface area contributed by atoms with Gasteiger partial charge in [0, 0.05) is 16.5 Å². The summed E-state index contributed by atoms with van der Waals surface area (Å²) in [6.45, 7) is 5.62. The van der Waals surface area contributed by atoms with Crippen LogP contribution in [0.3, 0.4) is 0 Å². The molecule has 0 spiro atoms. The number of nitrogens with zero attached hydrogens (tertiary/aromatic N) is 1. The standard InChI is InChI=1S/C16H16BrNO3/c1-10-4-5-15(13(6-10)9-17)21-16-8-14(18(19)20)11(2)7-12(16)3/h4-8H,9H2,1-3H3. The summed E-state index contributed by atoms with van der Waals surface area (Å²) in [4.78, 5) is 10.7. The highest BCUT2D eigenvalue weighted by atomic mass is 79.9. The van der Waals surface area contributed by atoms with Crippen LogP contribution in [0.1, 0.15) is 22.3 Å². The number of hydrogen-bond acceptors (Lipinski definition) is 3. The van der Waals surface area contributed by atoms with Gasteiger partial charge in [-0.3, -0.25) is 10.1 Å². The molecule has 0 aliphatic carbocycles. The van der Waals surface area contributed by atoms with E-state index < -0.39 is 0 Å². The number of rotatable bonds is 4. The highest BCUT2D eigenvalue weighted by Crippen LogP contribution is 2.33. The molecule has 2 aromatic rings. The summed E-state index contributed by atoms with van der Waals surface area (Å²) < 4.78 is 5.90. The van der Waals surface area contributed by atoms with Crippen molar-refractivity contribution in [3.8, 4) is 11.5 Å². The van der Waals surface area contributed by atoms with Crippen molar-refractivity contribution in [1.82, 2.24) is 0 Å². The Morgan fingerprint density at radius 3 is 2.43 bits per heavy atom. The van der Waals surface area contributed by atoms with Gasteiger partial charge in [-0.1, -0.05) is 33.6 Å². The molecule has 0 aliphatic rings. The summed E-state index contributed by atoms with van der Waals surface area (Å²) in [6, 6.07) is 9.14. The quantitative estimate of drug-likeness (QED) is 0.432. The van der Waals surface area contributed by atoms with Crippen molar-refractivity contribution >= 4 is 21.6 Å². The maximum absolute atomic E-state index is 11.0. The average molecular weight is 350 g/mol. The zero-order chi connectivity index (χ0) is 15.6. The Morgan fingerprint density at radius 1 is 1.10 bits per heavy atom. The summed E-state index contributed by atoms with van der Waals surface area (Å²) >= 11 is 3.44. The minimum absolute atomic E-state index is 0.0723. The van der Waals surface area contributed by atoms with Crippen LogP contribution in [-0.4, -0.2) is 4.92 Å². The second kappa shape index (κ2) is 6.26. The summed E-state index contributed by atoms with van der Waals surface area (Å²) in [6.07, 6.45) is 0. The Hall–Kier alpha value is -1.88. The summed E-state index contributed by atoms with van der Waals surface area (Å²) in [5, 5.41) is 11.7. The van der Waals surface area contributed by atoms with E-state index in [9.17, 15) is 10.1 Å². The fourth-order valence-electron chi connectivity index (χ4n) is 2.16. The van der Waals surface area contributed by atoms with Crippen LogP contribution in [0.15, 0.2) is 30.3 Å². The molecule has 0 amide bonds. The maximum atomic E-state index is 11.0. The normalized spacial score (nSPS) is 10.5. The fraction of sp³-hybridized carbons (Fsp3) is 0.250. The zero-order valence-electron chi connectivity index (χ0n) is 12.1. The number of alkyl halides is 1. The minimum atomic E-state index is -0.387. The van der Waals surface area contributed by atoms with Crippen LogP contribution in [0, 0.1) is 30.9 Å². The third-order valence-corrected chi connectivity index (χ3v) is 3.87.